The number of aryl methyl sites for hydroxylation is 1. The number of nitrogens with zero attached hydrogens (tertiary/aromatic N) is 1. The molecule has 1 amide bonds. The van der Waals surface area contributed by atoms with Gasteiger partial charge < -0.3 is 20.9 Å². The maximum absolute atomic E-state index is 12.0. The molecular formula is C23H28IN5O. The summed E-state index contributed by atoms with van der Waals surface area (Å²) in [7, 11) is 1.77. The molecule has 1 aliphatic rings. The standard InChI is InChI=1S/C23H27N5O.HI/c1-24-23(25-12-6-7-16-14-26-20-10-4-2-8-18(16)20)27-15-17-13-22(29)28-21-11-5-3-9-19(17)21;/h2-5,8-11,14,17,26H,6-7,12-13,15H2,1H3,(H,28,29)(H2,24,25,27);1H. The van der Waals surface area contributed by atoms with Crippen LogP contribution in [0.1, 0.15) is 29.9 Å². The number of aromatic amines is 1. The topological polar surface area (TPSA) is 81.3 Å². The Bertz CT molecular complexity index is 1030. The smallest absolute Gasteiger partial charge is 0.225 e. The predicted octanol–water partition coefficient (Wildman–Crippen LogP) is 4.01. The van der Waals surface area contributed by atoms with Gasteiger partial charge in [-0.05, 0) is 36.1 Å². The average Bonchev–Trinajstić information content (AvgIpc) is 3.16. The van der Waals surface area contributed by atoms with Crippen molar-refractivity contribution in [3.63, 3.8) is 0 Å². The van der Waals surface area contributed by atoms with Crippen LogP contribution in [-0.2, 0) is 11.2 Å². The van der Waals surface area contributed by atoms with Crippen molar-refractivity contribution in [3.8, 4) is 0 Å². The van der Waals surface area contributed by atoms with Gasteiger partial charge in [-0.25, -0.2) is 0 Å². The number of rotatable bonds is 6. The molecule has 1 aromatic heterocycles. The number of hydrogen-bond acceptors (Lipinski definition) is 2. The van der Waals surface area contributed by atoms with Gasteiger partial charge in [0.2, 0.25) is 5.91 Å². The number of anilines is 1. The van der Waals surface area contributed by atoms with Gasteiger partial charge in [0.05, 0.1) is 0 Å². The van der Waals surface area contributed by atoms with E-state index in [1.54, 1.807) is 7.05 Å². The molecule has 30 heavy (non-hydrogen) atoms. The normalized spacial score (nSPS) is 15.8. The van der Waals surface area contributed by atoms with Crippen LogP contribution in [0, 0.1) is 0 Å². The van der Waals surface area contributed by atoms with Crippen molar-refractivity contribution in [2.75, 3.05) is 25.5 Å². The van der Waals surface area contributed by atoms with Crippen LogP contribution in [0.5, 0.6) is 0 Å². The number of benzene rings is 2. The van der Waals surface area contributed by atoms with Gasteiger partial charge >= 0.3 is 0 Å². The minimum absolute atomic E-state index is 0. The van der Waals surface area contributed by atoms with Gasteiger partial charge in [0.1, 0.15) is 0 Å². The van der Waals surface area contributed by atoms with Crippen LogP contribution in [0.15, 0.2) is 59.7 Å². The Hall–Kier alpha value is -2.55. The molecule has 0 bridgehead atoms. The fourth-order valence-electron chi connectivity index (χ4n) is 3.95. The molecule has 1 unspecified atom stereocenters. The van der Waals surface area contributed by atoms with Crippen molar-refractivity contribution in [2.45, 2.75) is 25.2 Å². The third-order valence-electron chi connectivity index (χ3n) is 5.44. The van der Waals surface area contributed by atoms with E-state index in [1.807, 2.05) is 24.3 Å². The third kappa shape index (κ3) is 5.13. The van der Waals surface area contributed by atoms with Gasteiger partial charge in [0, 0.05) is 55.3 Å². The number of aliphatic imine (C=N–C) groups is 1. The summed E-state index contributed by atoms with van der Waals surface area (Å²) in [5.74, 6) is 0.981. The van der Waals surface area contributed by atoms with Gasteiger partial charge in [-0.2, -0.15) is 0 Å². The SMILES string of the molecule is CN=C(NCCCc1c[nH]c2ccccc12)NCC1CC(=O)Nc2ccccc21.I. The number of halogens is 1. The molecule has 3 aromatic rings. The van der Waals surface area contributed by atoms with E-state index in [0.29, 0.717) is 13.0 Å². The van der Waals surface area contributed by atoms with Gasteiger partial charge in [-0.3, -0.25) is 9.79 Å². The van der Waals surface area contributed by atoms with Crippen LogP contribution in [0.2, 0.25) is 0 Å². The van der Waals surface area contributed by atoms with Crippen molar-refractivity contribution in [3.05, 3.63) is 65.9 Å². The van der Waals surface area contributed by atoms with Crippen molar-refractivity contribution < 1.29 is 4.79 Å². The summed E-state index contributed by atoms with van der Waals surface area (Å²) in [4.78, 5) is 19.6. The summed E-state index contributed by atoms with van der Waals surface area (Å²) in [5, 5.41) is 11.0. The van der Waals surface area contributed by atoms with E-state index in [-0.39, 0.29) is 35.8 Å². The number of carbonyl (C=O) groups excluding carboxylic acids is 1. The Morgan fingerprint density at radius 1 is 1.13 bits per heavy atom. The maximum Gasteiger partial charge on any atom is 0.225 e. The minimum atomic E-state index is 0. The number of amides is 1. The van der Waals surface area contributed by atoms with E-state index in [9.17, 15) is 4.79 Å². The number of guanidine groups is 1. The maximum atomic E-state index is 12.0. The lowest BCUT2D eigenvalue weighted by molar-refractivity contribution is -0.116. The lowest BCUT2D eigenvalue weighted by atomic mass is 9.90. The van der Waals surface area contributed by atoms with Gasteiger partial charge in [-0.1, -0.05) is 36.4 Å². The fraction of sp³-hybridized carbons (Fsp3) is 0.304. The summed E-state index contributed by atoms with van der Waals surface area (Å²) in [6, 6.07) is 16.4. The Kier molecular flexibility index (Phi) is 7.73. The van der Waals surface area contributed by atoms with Gasteiger partial charge in [-0.15, -0.1) is 24.0 Å². The number of aromatic nitrogens is 1. The Balaban J connectivity index is 0.00000256. The second-order valence-corrected chi connectivity index (χ2v) is 7.38. The number of nitrogens with one attached hydrogen (secondary N) is 4. The number of carbonyl (C=O) groups is 1. The molecule has 0 saturated heterocycles. The summed E-state index contributed by atoms with van der Waals surface area (Å²) >= 11 is 0. The number of hydrogen-bond donors (Lipinski definition) is 4. The Morgan fingerprint density at radius 2 is 1.93 bits per heavy atom. The molecule has 0 spiro atoms. The highest BCUT2D eigenvalue weighted by molar-refractivity contribution is 14.0. The van der Waals surface area contributed by atoms with Gasteiger partial charge in [0.15, 0.2) is 5.96 Å². The zero-order chi connectivity index (χ0) is 20.1. The van der Waals surface area contributed by atoms with Crippen molar-refractivity contribution in [1.82, 2.24) is 15.6 Å². The molecular weight excluding hydrogens is 489 g/mol. The number of para-hydroxylation sites is 2. The minimum Gasteiger partial charge on any atom is -0.361 e. The van der Waals surface area contributed by atoms with Crippen LogP contribution >= 0.6 is 24.0 Å². The first kappa shape index (κ1) is 22.1. The van der Waals surface area contributed by atoms with E-state index >= 15 is 0 Å². The predicted molar refractivity (Wildman–Crippen MR) is 134 cm³/mol. The molecule has 4 N–H and O–H groups in total. The lowest BCUT2D eigenvalue weighted by Gasteiger charge is -2.26. The summed E-state index contributed by atoms with van der Waals surface area (Å²) in [6.45, 7) is 1.51. The first-order chi connectivity index (χ1) is 14.2. The molecule has 7 heteroatoms. The summed E-state index contributed by atoms with van der Waals surface area (Å²) < 4.78 is 0. The summed E-state index contributed by atoms with van der Waals surface area (Å²) in [5.41, 5.74) is 4.62. The largest absolute Gasteiger partial charge is 0.361 e. The molecule has 1 aliphatic heterocycles. The van der Waals surface area contributed by atoms with E-state index in [2.05, 4.69) is 56.4 Å². The van der Waals surface area contributed by atoms with E-state index < -0.39 is 0 Å². The zero-order valence-corrected chi connectivity index (χ0v) is 19.4. The Morgan fingerprint density at radius 3 is 2.80 bits per heavy atom. The molecule has 0 fully saturated rings. The van der Waals surface area contributed by atoms with Crippen LogP contribution in [0.25, 0.3) is 10.9 Å². The van der Waals surface area contributed by atoms with Crippen molar-refractivity contribution >= 4 is 52.4 Å². The molecule has 4 rings (SSSR count). The van der Waals surface area contributed by atoms with E-state index in [1.165, 1.54) is 22.0 Å². The average molecular weight is 517 g/mol. The number of H-pyrrole nitrogens is 1. The van der Waals surface area contributed by atoms with Crippen molar-refractivity contribution in [1.29, 1.82) is 0 Å². The van der Waals surface area contributed by atoms with Crippen LogP contribution < -0.4 is 16.0 Å². The quantitative estimate of drug-likeness (QED) is 0.173. The van der Waals surface area contributed by atoms with Gasteiger partial charge in [0.25, 0.3) is 0 Å². The third-order valence-corrected chi connectivity index (χ3v) is 5.44. The molecule has 0 saturated carbocycles. The molecule has 6 nitrogen and oxygen atoms in total. The Labute approximate surface area is 194 Å². The molecule has 0 radical (unpaired) electrons. The molecule has 1 atom stereocenters. The zero-order valence-electron chi connectivity index (χ0n) is 17.1. The second kappa shape index (κ2) is 10.5. The second-order valence-electron chi connectivity index (χ2n) is 7.38. The fourth-order valence-corrected chi connectivity index (χ4v) is 3.95. The molecule has 2 aromatic carbocycles. The van der Waals surface area contributed by atoms with E-state index in [0.717, 1.165) is 31.0 Å². The first-order valence-electron chi connectivity index (χ1n) is 10.1. The van der Waals surface area contributed by atoms with E-state index in [4.69, 9.17) is 0 Å². The van der Waals surface area contributed by atoms with Crippen LogP contribution in [0.4, 0.5) is 5.69 Å². The highest BCUT2D eigenvalue weighted by Crippen LogP contribution is 2.31. The molecule has 0 aliphatic carbocycles. The molecule has 158 valence electrons. The highest BCUT2D eigenvalue weighted by atomic mass is 127. The monoisotopic (exact) mass is 517 g/mol. The van der Waals surface area contributed by atoms with Crippen LogP contribution in [-0.4, -0.2) is 37.0 Å². The summed E-state index contributed by atoms with van der Waals surface area (Å²) in [6.07, 6.45) is 4.60. The van der Waals surface area contributed by atoms with Crippen LogP contribution in [0.3, 0.4) is 0 Å². The first-order valence-corrected chi connectivity index (χ1v) is 10.1. The highest BCUT2D eigenvalue weighted by Gasteiger charge is 2.24. The molecule has 2 heterocycles. The lowest BCUT2D eigenvalue weighted by Crippen LogP contribution is -2.41. The van der Waals surface area contributed by atoms with Crippen molar-refractivity contribution in [2.24, 2.45) is 4.99 Å². The number of fused-ring (bicyclic) bond motifs is 2.